The quantitative estimate of drug-likeness (QED) is 0.651. The standard InChI is InChI=1S/C23H25N3O6/c1-26-11-12-32-19-10-6-5-9-16(19)21(28)25-18(23(30)31)14-20(27)24-17(22(26)29)13-15-7-3-2-4-8-15/h2-10,17-18H,11-14H2,1H3,(H,24,27)(H,25,28)(H,30,31)/t17-,18-/m0/s1. The molecular formula is C23H25N3O6. The number of carbonyl (C=O) groups excluding carboxylic acids is 3. The Morgan fingerprint density at radius 3 is 2.47 bits per heavy atom. The molecule has 0 saturated heterocycles. The highest BCUT2D eigenvalue weighted by molar-refractivity contribution is 6.00. The molecule has 0 radical (unpaired) electrons. The number of nitrogens with one attached hydrogen (secondary N) is 2. The fourth-order valence-electron chi connectivity index (χ4n) is 3.37. The molecule has 3 amide bonds. The molecule has 0 spiro atoms. The van der Waals surface area contributed by atoms with Crippen molar-refractivity contribution in [1.82, 2.24) is 15.5 Å². The lowest BCUT2D eigenvalue weighted by Crippen LogP contribution is -2.51. The number of amides is 3. The van der Waals surface area contributed by atoms with Gasteiger partial charge in [-0.1, -0.05) is 42.5 Å². The van der Waals surface area contributed by atoms with Crippen molar-refractivity contribution in [2.75, 3.05) is 20.2 Å². The van der Waals surface area contributed by atoms with E-state index in [1.807, 2.05) is 30.3 Å². The maximum Gasteiger partial charge on any atom is 0.326 e. The first kappa shape index (κ1) is 22.8. The third-order valence-electron chi connectivity index (χ3n) is 5.10. The first-order chi connectivity index (χ1) is 15.3. The number of fused-ring (bicyclic) bond motifs is 1. The zero-order valence-corrected chi connectivity index (χ0v) is 17.6. The van der Waals surface area contributed by atoms with Gasteiger partial charge < -0.3 is 25.4 Å². The third kappa shape index (κ3) is 5.84. The molecule has 2 aromatic rings. The molecule has 0 aromatic heterocycles. The molecule has 0 aliphatic carbocycles. The number of hydrogen-bond acceptors (Lipinski definition) is 5. The van der Waals surface area contributed by atoms with Gasteiger partial charge in [0.2, 0.25) is 11.8 Å². The van der Waals surface area contributed by atoms with E-state index in [0.717, 1.165) is 5.56 Å². The van der Waals surface area contributed by atoms with Gasteiger partial charge >= 0.3 is 5.97 Å². The van der Waals surface area contributed by atoms with Gasteiger partial charge in [-0.25, -0.2) is 4.79 Å². The molecule has 3 rings (SSSR count). The van der Waals surface area contributed by atoms with Gasteiger partial charge in [-0.15, -0.1) is 0 Å². The van der Waals surface area contributed by atoms with Gasteiger partial charge in [0, 0.05) is 13.5 Å². The van der Waals surface area contributed by atoms with Crippen molar-refractivity contribution in [3.63, 3.8) is 0 Å². The first-order valence-corrected chi connectivity index (χ1v) is 10.2. The molecule has 9 heteroatoms. The topological polar surface area (TPSA) is 125 Å². The zero-order chi connectivity index (χ0) is 23.1. The van der Waals surface area contributed by atoms with Crippen LogP contribution in [0.3, 0.4) is 0 Å². The van der Waals surface area contributed by atoms with Gasteiger partial charge in [0.05, 0.1) is 18.5 Å². The van der Waals surface area contributed by atoms with Crippen molar-refractivity contribution >= 4 is 23.7 Å². The molecule has 1 aliphatic heterocycles. The molecule has 1 aliphatic rings. The van der Waals surface area contributed by atoms with Crippen LogP contribution in [0.4, 0.5) is 0 Å². The number of para-hydroxylation sites is 1. The molecule has 0 fully saturated rings. The Labute approximate surface area is 185 Å². The Balaban J connectivity index is 1.89. The van der Waals surface area contributed by atoms with Gasteiger partial charge in [0.25, 0.3) is 5.91 Å². The minimum Gasteiger partial charge on any atom is -0.491 e. The van der Waals surface area contributed by atoms with Crippen LogP contribution >= 0.6 is 0 Å². The molecule has 32 heavy (non-hydrogen) atoms. The van der Waals surface area contributed by atoms with E-state index in [4.69, 9.17) is 4.74 Å². The fraction of sp³-hybridized carbons (Fsp3) is 0.304. The molecule has 2 atom stereocenters. The lowest BCUT2D eigenvalue weighted by atomic mass is 10.0. The van der Waals surface area contributed by atoms with E-state index >= 15 is 0 Å². The number of rotatable bonds is 3. The van der Waals surface area contributed by atoms with Crippen LogP contribution in [0.1, 0.15) is 22.3 Å². The van der Waals surface area contributed by atoms with Crippen LogP contribution in [0.5, 0.6) is 5.75 Å². The Hall–Kier alpha value is -3.88. The van der Waals surface area contributed by atoms with Crippen molar-refractivity contribution in [3.05, 3.63) is 65.7 Å². The summed E-state index contributed by atoms with van der Waals surface area (Å²) in [5.41, 5.74) is 0.987. The highest BCUT2D eigenvalue weighted by Gasteiger charge is 2.29. The maximum atomic E-state index is 13.0. The van der Waals surface area contributed by atoms with Crippen LogP contribution in [0, 0.1) is 0 Å². The summed E-state index contributed by atoms with van der Waals surface area (Å²) in [6.07, 6.45) is -0.282. The van der Waals surface area contributed by atoms with Gasteiger partial charge in [0.15, 0.2) is 0 Å². The van der Waals surface area contributed by atoms with Crippen molar-refractivity contribution in [2.45, 2.75) is 24.9 Å². The highest BCUT2D eigenvalue weighted by Crippen LogP contribution is 2.18. The van der Waals surface area contributed by atoms with Crippen molar-refractivity contribution in [1.29, 1.82) is 0 Å². The zero-order valence-electron chi connectivity index (χ0n) is 17.6. The monoisotopic (exact) mass is 439 g/mol. The number of ether oxygens (including phenoxy) is 1. The van der Waals surface area contributed by atoms with Crippen LogP contribution < -0.4 is 15.4 Å². The summed E-state index contributed by atoms with van der Waals surface area (Å²) in [5.74, 6) is -2.74. The van der Waals surface area contributed by atoms with E-state index in [-0.39, 0.29) is 36.8 Å². The van der Waals surface area contributed by atoms with E-state index in [1.165, 1.54) is 11.0 Å². The third-order valence-corrected chi connectivity index (χ3v) is 5.10. The van der Waals surface area contributed by atoms with Crippen LogP contribution in [-0.4, -0.2) is 66.0 Å². The lowest BCUT2D eigenvalue weighted by Gasteiger charge is -2.26. The normalized spacial score (nSPS) is 20.3. The summed E-state index contributed by atoms with van der Waals surface area (Å²) >= 11 is 0. The molecule has 168 valence electrons. The largest absolute Gasteiger partial charge is 0.491 e. The van der Waals surface area contributed by atoms with Crippen LogP contribution in [0.15, 0.2) is 54.6 Å². The van der Waals surface area contributed by atoms with Crippen molar-refractivity contribution in [2.24, 2.45) is 0 Å². The fourth-order valence-corrected chi connectivity index (χ4v) is 3.37. The van der Waals surface area contributed by atoms with E-state index < -0.39 is 36.3 Å². The van der Waals surface area contributed by atoms with Crippen LogP contribution in [0.25, 0.3) is 0 Å². The average Bonchev–Trinajstić information content (AvgIpc) is 2.78. The van der Waals surface area contributed by atoms with Crippen LogP contribution in [0.2, 0.25) is 0 Å². The first-order valence-electron chi connectivity index (χ1n) is 10.2. The van der Waals surface area contributed by atoms with E-state index in [0.29, 0.717) is 0 Å². The Morgan fingerprint density at radius 1 is 1.06 bits per heavy atom. The molecule has 3 N–H and O–H groups in total. The molecule has 0 bridgehead atoms. The number of aliphatic carboxylic acids is 1. The number of nitrogens with zero attached hydrogens (tertiary/aromatic N) is 1. The Kier molecular flexibility index (Phi) is 7.43. The summed E-state index contributed by atoms with van der Waals surface area (Å²) in [6.45, 7) is 0.342. The van der Waals surface area contributed by atoms with E-state index in [9.17, 15) is 24.3 Å². The number of carboxylic acid groups (broad SMARTS) is 1. The smallest absolute Gasteiger partial charge is 0.326 e. The average molecular weight is 439 g/mol. The number of carbonyl (C=O) groups is 4. The van der Waals surface area contributed by atoms with Gasteiger partial charge in [0.1, 0.15) is 24.4 Å². The van der Waals surface area contributed by atoms with E-state index in [2.05, 4.69) is 10.6 Å². The van der Waals surface area contributed by atoms with Crippen molar-refractivity contribution in [3.8, 4) is 5.75 Å². The Bertz CT molecular complexity index is 994. The molecule has 0 saturated carbocycles. The molecule has 9 nitrogen and oxygen atoms in total. The van der Waals surface area contributed by atoms with Gasteiger partial charge in [-0.2, -0.15) is 0 Å². The second-order valence-electron chi connectivity index (χ2n) is 7.48. The number of carboxylic acids is 1. The summed E-state index contributed by atoms with van der Waals surface area (Å²) < 4.78 is 5.70. The summed E-state index contributed by atoms with van der Waals surface area (Å²) in [4.78, 5) is 51.5. The molecule has 1 heterocycles. The second-order valence-corrected chi connectivity index (χ2v) is 7.48. The summed E-state index contributed by atoms with van der Waals surface area (Å²) in [5, 5.41) is 14.5. The highest BCUT2D eigenvalue weighted by atomic mass is 16.5. The summed E-state index contributed by atoms with van der Waals surface area (Å²) in [6, 6.07) is 13.2. The predicted octanol–water partition coefficient (Wildman–Crippen LogP) is 0.838. The van der Waals surface area contributed by atoms with E-state index in [1.54, 1.807) is 25.2 Å². The van der Waals surface area contributed by atoms with Crippen LogP contribution in [-0.2, 0) is 20.8 Å². The number of hydrogen-bond donors (Lipinski definition) is 3. The van der Waals surface area contributed by atoms with Crippen molar-refractivity contribution < 1.29 is 29.0 Å². The maximum absolute atomic E-state index is 13.0. The number of benzene rings is 2. The predicted molar refractivity (Wildman–Crippen MR) is 115 cm³/mol. The Morgan fingerprint density at radius 2 is 1.75 bits per heavy atom. The number of likely N-dealkylation sites (N-methyl/N-ethyl adjacent to an activating group) is 1. The minimum atomic E-state index is -1.47. The minimum absolute atomic E-state index is 0.112. The summed E-state index contributed by atoms with van der Waals surface area (Å²) in [7, 11) is 1.60. The second kappa shape index (κ2) is 10.4. The van der Waals surface area contributed by atoms with Gasteiger partial charge in [-0.3, -0.25) is 14.4 Å². The molecule has 0 unspecified atom stereocenters. The molecule has 2 aromatic carbocycles. The lowest BCUT2D eigenvalue weighted by molar-refractivity contribution is -0.141. The SMILES string of the molecule is CN1CCOc2ccccc2C(=O)N[C@H](C(=O)O)CC(=O)N[C@@H](Cc2ccccc2)C1=O. The molecular weight excluding hydrogens is 414 g/mol. The van der Waals surface area contributed by atoms with Gasteiger partial charge in [-0.05, 0) is 17.7 Å².